The van der Waals surface area contributed by atoms with E-state index < -0.39 is 18.6 Å². The summed E-state index contributed by atoms with van der Waals surface area (Å²) in [4.78, 5) is 12.2. The van der Waals surface area contributed by atoms with Gasteiger partial charge in [-0.3, -0.25) is 4.79 Å². The molecular formula is C9H15BrF3NO. The summed E-state index contributed by atoms with van der Waals surface area (Å²) in [6, 6.07) is 0. The molecule has 0 bridgehead atoms. The van der Waals surface area contributed by atoms with Crippen molar-refractivity contribution >= 4 is 21.8 Å². The molecule has 0 rings (SSSR count). The van der Waals surface area contributed by atoms with Crippen molar-refractivity contribution in [1.29, 1.82) is 0 Å². The third kappa shape index (κ3) is 7.64. The zero-order chi connectivity index (χ0) is 11.9. The Morgan fingerprint density at radius 1 is 1.40 bits per heavy atom. The van der Waals surface area contributed by atoms with Crippen molar-refractivity contribution < 1.29 is 18.0 Å². The normalized spacial score (nSPS) is 11.5. The third-order valence-corrected chi connectivity index (χ3v) is 2.21. The molecule has 90 valence electrons. The minimum absolute atomic E-state index is 0.111. The van der Waals surface area contributed by atoms with Crippen LogP contribution in [0.2, 0.25) is 0 Å². The maximum absolute atomic E-state index is 12.1. The lowest BCUT2D eigenvalue weighted by Crippen LogP contribution is -2.39. The Hall–Kier alpha value is -0.260. The quantitative estimate of drug-likeness (QED) is 0.689. The van der Waals surface area contributed by atoms with Gasteiger partial charge in [0.1, 0.15) is 6.54 Å². The predicted octanol–water partition coefficient (Wildman–Crippen LogP) is 2.96. The number of alkyl halides is 4. The van der Waals surface area contributed by atoms with E-state index >= 15 is 0 Å². The first-order valence-corrected chi connectivity index (χ1v) is 5.93. The van der Waals surface area contributed by atoms with Gasteiger partial charge in [-0.25, -0.2) is 0 Å². The zero-order valence-electron chi connectivity index (χ0n) is 8.61. The molecule has 2 nitrogen and oxygen atoms in total. The average Bonchev–Trinajstić information content (AvgIpc) is 2.10. The van der Waals surface area contributed by atoms with Crippen LogP contribution in [-0.4, -0.2) is 35.4 Å². The molecule has 0 aromatic rings. The highest BCUT2D eigenvalue weighted by Crippen LogP contribution is 2.17. The van der Waals surface area contributed by atoms with Gasteiger partial charge in [-0.1, -0.05) is 29.3 Å². The fraction of sp³-hybridized carbons (Fsp3) is 0.889. The SMILES string of the molecule is CCCCN(CC(F)(F)F)C(=O)CCBr. The van der Waals surface area contributed by atoms with Crippen LogP contribution in [0.25, 0.3) is 0 Å². The maximum atomic E-state index is 12.1. The zero-order valence-corrected chi connectivity index (χ0v) is 10.2. The standard InChI is InChI=1S/C9H15BrF3NO/c1-2-3-6-14(7-9(11,12)13)8(15)4-5-10/h2-7H2,1H3. The Kier molecular flexibility index (Phi) is 6.96. The van der Waals surface area contributed by atoms with Crippen LogP contribution in [0, 0.1) is 0 Å². The van der Waals surface area contributed by atoms with Crippen LogP contribution in [0.3, 0.4) is 0 Å². The van der Waals surface area contributed by atoms with Gasteiger partial charge in [0, 0.05) is 18.3 Å². The Morgan fingerprint density at radius 3 is 2.40 bits per heavy atom. The summed E-state index contributed by atoms with van der Waals surface area (Å²) < 4.78 is 36.4. The molecule has 0 aliphatic carbocycles. The second kappa shape index (κ2) is 7.09. The maximum Gasteiger partial charge on any atom is 0.406 e. The summed E-state index contributed by atoms with van der Waals surface area (Å²) in [6.45, 7) is 0.918. The number of amides is 1. The van der Waals surface area contributed by atoms with Crippen molar-refractivity contribution in [2.24, 2.45) is 0 Å². The highest BCUT2D eigenvalue weighted by molar-refractivity contribution is 9.09. The first-order valence-electron chi connectivity index (χ1n) is 4.81. The van der Waals surface area contributed by atoms with Gasteiger partial charge in [-0.2, -0.15) is 13.2 Å². The minimum Gasteiger partial charge on any atom is -0.334 e. The molecule has 0 spiro atoms. The van der Waals surface area contributed by atoms with Gasteiger partial charge in [0.25, 0.3) is 0 Å². The summed E-state index contributed by atoms with van der Waals surface area (Å²) in [5, 5.41) is 0.395. The van der Waals surface area contributed by atoms with Crippen LogP contribution >= 0.6 is 15.9 Å². The number of hydrogen-bond donors (Lipinski definition) is 0. The molecule has 0 unspecified atom stereocenters. The number of carbonyl (C=O) groups excluding carboxylic acids is 1. The fourth-order valence-corrected chi connectivity index (χ4v) is 1.44. The Labute approximate surface area is 95.9 Å². The molecule has 0 saturated carbocycles. The molecule has 0 heterocycles. The third-order valence-electron chi connectivity index (χ3n) is 1.81. The predicted molar refractivity (Wildman–Crippen MR) is 56.0 cm³/mol. The number of hydrogen-bond acceptors (Lipinski definition) is 1. The Balaban J connectivity index is 4.23. The monoisotopic (exact) mass is 289 g/mol. The first kappa shape index (κ1) is 14.7. The molecule has 0 aromatic heterocycles. The van der Waals surface area contributed by atoms with Crippen LogP contribution in [0.1, 0.15) is 26.2 Å². The van der Waals surface area contributed by atoms with Crippen LogP contribution < -0.4 is 0 Å². The van der Waals surface area contributed by atoms with E-state index in [1.54, 1.807) is 0 Å². The molecular weight excluding hydrogens is 275 g/mol. The van der Waals surface area contributed by atoms with E-state index in [4.69, 9.17) is 0 Å². The molecule has 0 fully saturated rings. The molecule has 0 aromatic carbocycles. The minimum atomic E-state index is -4.31. The van der Waals surface area contributed by atoms with Crippen molar-refractivity contribution in [2.45, 2.75) is 32.4 Å². The first-order chi connectivity index (χ1) is 6.90. The number of unbranched alkanes of at least 4 members (excludes halogenated alkanes) is 1. The van der Waals surface area contributed by atoms with Crippen molar-refractivity contribution in [3.63, 3.8) is 0 Å². The number of rotatable bonds is 6. The number of carbonyl (C=O) groups is 1. The molecule has 0 N–H and O–H groups in total. The molecule has 0 aliphatic heterocycles. The Bertz CT molecular complexity index is 196. The molecule has 0 aliphatic rings. The molecule has 15 heavy (non-hydrogen) atoms. The topological polar surface area (TPSA) is 20.3 Å². The number of halogens is 4. The van der Waals surface area contributed by atoms with E-state index in [0.717, 1.165) is 11.3 Å². The van der Waals surface area contributed by atoms with E-state index in [2.05, 4.69) is 15.9 Å². The second-order valence-electron chi connectivity index (χ2n) is 3.22. The average molecular weight is 290 g/mol. The Morgan fingerprint density at radius 2 is 2.00 bits per heavy atom. The lowest BCUT2D eigenvalue weighted by Gasteiger charge is -2.23. The van der Waals surface area contributed by atoms with Crippen molar-refractivity contribution in [1.82, 2.24) is 4.90 Å². The van der Waals surface area contributed by atoms with Crippen LogP contribution in [0.4, 0.5) is 13.2 Å². The van der Waals surface area contributed by atoms with E-state index in [1.807, 2.05) is 6.92 Å². The second-order valence-corrected chi connectivity index (χ2v) is 4.02. The van der Waals surface area contributed by atoms with Gasteiger partial charge >= 0.3 is 6.18 Å². The van der Waals surface area contributed by atoms with E-state index in [1.165, 1.54) is 0 Å². The number of nitrogens with zero attached hydrogens (tertiary/aromatic N) is 1. The van der Waals surface area contributed by atoms with Crippen molar-refractivity contribution in [3.8, 4) is 0 Å². The van der Waals surface area contributed by atoms with E-state index in [0.29, 0.717) is 11.8 Å². The molecule has 0 atom stereocenters. The summed E-state index contributed by atoms with van der Waals surface area (Å²) in [6.07, 6.45) is -2.82. The summed E-state index contributed by atoms with van der Waals surface area (Å²) >= 11 is 3.04. The largest absolute Gasteiger partial charge is 0.406 e. The summed E-state index contributed by atoms with van der Waals surface area (Å²) in [5.41, 5.74) is 0. The summed E-state index contributed by atoms with van der Waals surface area (Å²) in [7, 11) is 0. The highest BCUT2D eigenvalue weighted by Gasteiger charge is 2.32. The highest BCUT2D eigenvalue weighted by atomic mass is 79.9. The van der Waals surface area contributed by atoms with Gasteiger partial charge in [0.05, 0.1) is 0 Å². The van der Waals surface area contributed by atoms with Gasteiger partial charge in [0.2, 0.25) is 5.91 Å². The van der Waals surface area contributed by atoms with E-state index in [9.17, 15) is 18.0 Å². The lowest BCUT2D eigenvalue weighted by atomic mass is 10.3. The fourth-order valence-electron chi connectivity index (χ4n) is 1.10. The van der Waals surface area contributed by atoms with Crippen LogP contribution in [-0.2, 0) is 4.79 Å². The van der Waals surface area contributed by atoms with Gasteiger partial charge in [-0.05, 0) is 6.42 Å². The lowest BCUT2D eigenvalue weighted by molar-refractivity contribution is -0.161. The molecule has 1 amide bonds. The molecule has 0 saturated heterocycles. The summed E-state index contributed by atoms with van der Waals surface area (Å²) in [5.74, 6) is -0.447. The van der Waals surface area contributed by atoms with Crippen LogP contribution in [0.5, 0.6) is 0 Å². The van der Waals surface area contributed by atoms with Gasteiger partial charge in [0.15, 0.2) is 0 Å². The van der Waals surface area contributed by atoms with Crippen molar-refractivity contribution in [3.05, 3.63) is 0 Å². The molecule has 0 radical (unpaired) electrons. The smallest absolute Gasteiger partial charge is 0.334 e. The van der Waals surface area contributed by atoms with Crippen molar-refractivity contribution in [2.75, 3.05) is 18.4 Å². The molecule has 6 heteroatoms. The van der Waals surface area contributed by atoms with E-state index in [-0.39, 0.29) is 13.0 Å². The van der Waals surface area contributed by atoms with Gasteiger partial charge < -0.3 is 4.90 Å². The van der Waals surface area contributed by atoms with Crippen LogP contribution in [0.15, 0.2) is 0 Å². The van der Waals surface area contributed by atoms with Gasteiger partial charge in [-0.15, -0.1) is 0 Å².